The number of pyridine rings is 1. The second kappa shape index (κ2) is 5.24. The molecule has 1 aromatic rings. The lowest BCUT2D eigenvalue weighted by Gasteiger charge is -2.31. The fraction of sp³-hybridized carbons (Fsp3) is 0.538. The molecule has 1 aliphatic rings. The predicted molar refractivity (Wildman–Crippen MR) is 69.8 cm³/mol. The maximum Gasteiger partial charge on any atom is 0.251 e. The topological polar surface area (TPSA) is 62.2 Å². The molecule has 0 bridgehead atoms. The first-order chi connectivity index (χ1) is 8.45. The van der Waals surface area contributed by atoms with Crippen molar-refractivity contribution in [3.63, 3.8) is 0 Å². The molecular formula is C13H17ClN2O2. The molecule has 0 spiro atoms. The third kappa shape index (κ3) is 3.00. The molecule has 5 heteroatoms. The van der Waals surface area contributed by atoms with Crippen LogP contribution in [0.3, 0.4) is 0 Å². The third-order valence-corrected chi connectivity index (χ3v) is 3.31. The molecule has 98 valence electrons. The average Bonchev–Trinajstić information content (AvgIpc) is 2.26. The SMILES string of the molecule is CC(C)c1cc(C(=O)NC2CC(O)C2)cc(Cl)n1. The van der Waals surface area contributed by atoms with E-state index in [9.17, 15) is 9.90 Å². The van der Waals surface area contributed by atoms with E-state index in [1.165, 1.54) is 0 Å². The van der Waals surface area contributed by atoms with Crippen LogP contribution in [0.1, 0.15) is 48.7 Å². The van der Waals surface area contributed by atoms with Crippen LogP contribution in [-0.4, -0.2) is 28.1 Å². The number of carbonyl (C=O) groups excluding carboxylic acids is 1. The second-order valence-corrected chi connectivity index (χ2v) is 5.44. The van der Waals surface area contributed by atoms with Gasteiger partial charge in [-0.2, -0.15) is 0 Å². The van der Waals surface area contributed by atoms with Gasteiger partial charge in [-0.1, -0.05) is 25.4 Å². The van der Waals surface area contributed by atoms with E-state index >= 15 is 0 Å². The van der Waals surface area contributed by atoms with E-state index < -0.39 is 0 Å². The van der Waals surface area contributed by atoms with E-state index in [4.69, 9.17) is 11.6 Å². The van der Waals surface area contributed by atoms with Crippen molar-refractivity contribution in [2.24, 2.45) is 0 Å². The van der Waals surface area contributed by atoms with Crippen LogP contribution in [0, 0.1) is 0 Å². The molecule has 2 N–H and O–H groups in total. The lowest BCUT2D eigenvalue weighted by Crippen LogP contribution is -2.46. The first-order valence-electron chi connectivity index (χ1n) is 6.12. The fourth-order valence-corrected chi connectivity index (χ4v) is 2.13. The van der Waals surface area contributed by atoms with Crippen molar-refractivity contribution in [1.82, 2.24) is 10.3 Å². The Bertz CT molecular complexity index is 456. The van der Waals surface area contributed by atoms with Crippen LogP contribution in [0.25, 0.3) is 0 Å². The quantitative estimate of drug-likeness (QED) is 0.826. The van der Waals surface area contributed by atoms with Gasteiger partial charge >= 0.3 is 0 Å². The zero-order chi connectivity index (χ0) is 13.3. The Morgan fingerprint density at radius 3 is 2.72 bits per heavy atom. The van der Waals surface area contributed by atoms with Crippen molar-refractivity contribution < 1.29 is 9.90 Å². The van der Waals surface area contributed by atoms with Gasteiger partial charge in [-0.3, -0.25) is 4.79 Å². The summed E-state index contributed by atoms with van der Waals surface area (Å²) in [6.45, 7) is 4.01. The molecule has 1 aliphatic carbocycles. The Morgan fingerprint density at radius 1 is 1.50 bits per heavy atom. The molecule has 1 heterocycles. The Kier molecular flexibility index (Phi) is 3.88. The molecular weight excluding hydrogens is 252 g/mol. The number of hydrogen-bond acceptors (Lipinski definition) is 3. The maximum absolute atomic E-state index is 12.0. The van der Waals surface area contributed by atoms with Crippen molar-refractivity contribution in [3.05, 3.63) is 28.5 Å². The Hall–Kier alpha value is -1.13. The molecule has 1 fully saturated rings. The summed E-state index contributed by atoms with van der Waals surface area (Å²) in [5, 5.41) is 12.4. The van der Waals surface area contributed by atoms with E-state index in [0.717, 1.165) is 5.69 Å². The van der Waals surface area contributed by atoms with Crippen molar-refractivity contribution >= 4 is 17.5 Å². The molecule has 0 radical (unpaired) electrons. The number of nitrogens with one attached hydrogen (secondary N) is 1. The molecule has 1 amide bonds. The molecule has 18 heavy (non-hydrogen) atoms. The standard InChI is InChI=1S/C13H17ClN2O2/c1-7(2)11-3-8(4-12(14)16-11)13(18)15-9-5-10(17)6-9/h3-4,7,9-10,17H,5-6H2,1-2H3,(H,15,18). The highest BCUT2D eigenvalue weighted by atomic mass is 35.5. The lowest BCUT2D eigenvalue weighted by atomic mass is 9.89. The Balaban J connectivity index is 2.09. The smallest absolute Gasteiger partial charge is 0.251 e. The molecule has 2 rings (SSSR count). The summed E-state index contributed by atoms with van der Waals surface area (Å²) in [7, 11) is 0. The van der Waals surface area contributed by atoms with Gasteiger partial charge in [0.1, 0.15) is 5.15 Å². The van der Waals surface area contributed by atoms with Gasteiger partial charge in [-0.15, -0.1) is 0 Å². The summed E-state index contributed by atoms with van der Waals surface area (Å²) >= 11 is 5.91. The number of rotatable bonds is 3. The van der Waals surface area contributed by atoms with Crippen molar-refractivity contribution in [2.75, 3.05) is 0 Å². The molecule has 4 nitrogen and oxygen atoms in total. The van der Waals surface area contributed by atoms with Crippen LogP contribution in [0.15, 0.2) is 12.1 Å². The van der Waals surface area contributed by atoms with Gasteiger partial charge in [0.2, 0.25) is 0 Å². The monoisotopic (exact) mass is 268 g/mol. The summed E-state index contributed by atoms with van der Waals surface area (Å²) in [6.07, 6.45) is 0.978. The van der Waals surface area contributed by atoms with E-state index in [2.05, 4.69) is 10.3 Å². The number of aliphatic hydroxyl groups is 1. The van der Waals surface area contributed by atoms with E-state index in [1.807, 2.05) is 13.8 Å². The molecule has 0 aromatic carbocycles. The highest BCUT2D eigenvalue weighted by Crippen LogP contribution is 2.21. The minimum Gasteiger partial charge on any atom is -0.393 e. The summed E-state index contributed by atoms with van der Waals surface area (Å²) in [5.74, 6) is 0.0684. The second-order valence-electron chi connectivity index (χ2n) is 5.05. The van der Waals surface area contributed by atoms with Gasteiger partial charge in [0.25, 0.3) is 5.91 Å². The van der Waals surface area contributed by atoms with Crippen LogP contribution >= 0.6 is 11.6 Å². The summed E-state index contributed by atoms with van der Waals surface area (Å²) in [6, 6.07) is 3.40. The molecule has 0 saturated heterocycles. The number of halogens is 1. The largest absolute Gasteiger partial charge is 0.393 e. The minimum atomic E-state index is -0.275. The summed E-state index contributed by atoms with van der Waals surface area (Å²) in [4.78, 5) is 16.2. The van der Waals surface area contributed by atoms with E-state index in [1.54, 1.807) is 12.1 Å². The first-order valence-corrected chi connectivity index (χ1v) is 6.50. The normalized spacial score (nSPS) is 22.7. The first kappa shape index (κ1) is 13.3. The van der Waals surface area contributed by atoms with Crippen LogP contribution < -0.4 is 5.32 Å². The van der Waals surface area contributed by atoms with Crippen molar-refractivity contribution in [1.29, 1.82) is 0 Å². The van der Waals surface area contributed by atoms with Crippen LogP contribution in [0.4, 0.5) is 0 Å². The number of nitrogens with zero attached hydrogens (tertiary/aromatic N) is 1. The zero-order valence-electron chi connectivity index (χ0n) is 10.5. The van der Waals surface area contributed by atoms with Gasteiger partial charge in [-0.25, -0.2) is 4.98 Å². The average molecular weight is 269 g/mol. The van der Waals surface area contributed by atoms with Gasteiger partial charge in [-0.05, 0) is 30.9 Å². The highest BCUT2D eigenvalue weighted by molar-refractivity contribution is 6.29. The van der Waals surface area contributed by atoms with Crippen LogP contribution in [-0.2, 0) is 0 Å². The number of amides is 1. The number of carbonyl (C=O) groups is 1. The molecule has 0 atom stereocenters. The van der Waals surface area contributed by atoms with Crippen LogP contribution in [0.2, 0.25) is 5.15 Å². The van der Waals surface area contributed by atoms with Crippen LogP contribution in [0.5, 0.6) is 0 Å². The molecule has 1 saturated carbocycles. The number of aromatic nitrogens is 1. The molecule has 0 aliphatic heterocycles. The van der Waals surface area contributed by atoms with Gasteiger partial charge < -0.3 is 10.4 Å². The maximum atomic E-state index is 12.0. The predicted octanol–water partition coefficient (Wildman–Crippen LogP) is 2.11. The Morgan fingerprint density at radius 2 is 2.17 bits per heavy atom. The molecule has 0 unspecified atom stereocenters. The minimum absolute atomic E-state index is 0.0712. The summed E-state index contributed by atoms with van der Waals surface area (Å²) < 4.78 is 0. The van der Waals surface area contributed by atoms with Gasteiger partial charge in [0.15, 0.2) is 0 Å². The molecule has 1 aromatic heterocycles. The van der Waals surface area contributed by atoms with E-state index in [-0.39, 0.29) is 24.0 Å². The lowest BCUT2D eigenvalue weighted by molar-refractivity contribution is 0.0562. The number of aliphatic hydroxyl groups excluding tert-OH is 1. The Labute approximate surface area is 111 Å². The van der Waals surface area contributed by atoms with Gasteiger partial charge in [0.05, 0.1) is 6.10 Å². The van der Waals surface area contributed by atoms with Gasteiger partial charge in [0, 0.05) is 17.3 Å². The third-order valence-electron chi connectivity index (χ3n) is 3.12. The zero-order valence-corrected chi connectivity index (χ0v) is 11.2. The fourth-order valence-electron chi connectivity index (χ4n) is 1.92. The van der Waals surface area contributed by atoms with E-state index in [0.29, 0.717) is 23.6 Å². The number of hydrogen-bond donors (Lipinski definition) is 2. The summed E-state index contributed by atoms with van der Waals surface area (Å²) in [5.41, 5.74) is 1.33. The van der Waals surface area contributed by atoms with Crippen molar-refractivity contribution in [2.45, 2.75) is 44.8 Å². The highest BCUT2D eigenvalue weighted by Gasteiger charge is 2.28. The van der Waals surface area contributed by atoms with Crippen molar-refractivity contribution in [3.8, 4) is 0 Å².